The molecule has 1 aromatic carbocycles. The lowest BCUT2D eigenvalue weighted by atomic mass is 10.1. The summed E-state index contributed by atoms with van der Waals surface area (Å²) in [4.78, 5) is 11.8. The number of rotatable bonds is 5. The van der Waals surface area contributed by atoms with Crippen LogP contribution in [0.4, 0.5) is 0 Å². The van der Waals surface area contributed by atoms with E-state index in [2.05, 4.69) is 31.4 Å². The van der Waals surface area contributed by atoms with E-state index in [0.29, 0.717) is 5.75 Å². The van der Waals surface area contributed by atoms with Gasteiger partial charge in [-0.25, -0.2) is 0 Å². The van der Waals surface area contributed by atoms with Crippen molar-refractivity contribution in [3.63, 3.8) is 0 Å². The number of nitrogens with one attached hydrogen (secondary N) is 1. The topological polar surface area (TPSA) is 54.9 Å². The van der Waals surface area contributed by atoms with Crippen LogP contribution >= 0.6 is 39.0 Å². The first-order chi connectivity index (χ1) is 9.15. The van der Waals surface area contributed by atoms with Crippen molar-refractivity contribution < 1.29 is 4.79 Å². The molecule has 4 nitrogen and oxygen atoms in total. The third-order valence-electron chi connectivity index (χ3n) is 2.41. The van der Waals surface area contributed by atoms with Crippen LogP contribution in [-0.2, 0) is 4.79 Å². The Hall–Kier alpha value is -0.920. The molecular weight excluding hydrogens is 346 g/mol. The summed E-state index contributed by atoms with van der Waals surface area (Å²) >= 11 is 6.23. The highest BCUT2D eigenvalue weighted by molar-refractivity contribution is 9.10. The summed E-state index contributed by atoms with van der Waals surface area (Å²) in [6.07, 6.45) is 0. The molecule has 0 radical (unpaired) electrons. The van der Waals surface area contributed by atoms with Crippen molar-refractivity contribution in [1.82, 2.24) is 15.5 Å². The zero-order chi connectivity index (χ0) is 13.7. The van der Waals surface area contributed by atoms with Gasteiger partial charge in [-0.3, -0.25) is 4.79 Å². The molecular formula is C12H12BrN3OS2. The number of hydrogen-bond donors (Lipinski definition) is 1. The van der Waals surface area contributed by atoms with E-state index in [1.807, 2.05) is 31.2 Å². The Balaban J connectivity index is 1.83. The average molecular weight is 358 g/mol. The Kier molecular flexibility index (Phi) is 5.35. The fraction of sp³-hybridized carbons (Fsp3) is 0.250. The van der Waals surface area contributed by atoms with Crippen LogP contribution in [0, 0.1) is 0 Å². The van der Waals surface area contributed by atoms with E-state index >= 15 is 0 Å². The standard InChI is InChI=1S/C12H12BrN3OS2/c1-8(9-2-4-10(13)5-3-9)15-11(17)6-18-12-16-14-7-19-12/h2-5,7-8H,6H2,1H3,(H,15,17). The van der Waals surface area contributed by atoms with Gasteiger partial charge in [0.05, 0.1) is 11.8 Å². The maximum atomic E-state index is 11.8. The van der Waals surface area contributed by atoms with Crippen LogP contribution in [0.3, 0.4) is 0 Å². The van der Waals surface area contributed by atoms with Gasteiger partial charge in [-0.15, -0.1) is 10.2 Å². The molecule has 2 rings (SSSR count). The average Bonchev–Trinajstić information content (AvgIpc) is 2.90. The number of nitrogens with zero attached hydrogens (tertiary/aromatic N) is 2. The number of carbonyl (C=O) groups is 1. The van der Waals surface area contributed by atoms with Gasteiger partial charge in [0.2, 0.25) is 5.91 Å². The minimum atomic E-state index is -0.00406. The smallest absolute Gasteiger partial charge is 0.230 e. The number of benzene rings is 1. The lowest BCUT2D eigenvalue weighted by molar-refractivity contribution is -0.119. The van der Waals surface area contributed by atoms with E-state index in [4.69, 9.17) is 0 Å². The molecule has 0 saturated carbocycles. The van der Waals surface area contributed by atoms with Crippen molar-refractivity contribution in [3.05, 3.63) is 39.8 Å². The predicted molar refractivity (Wildman–Crippen MR) is 81.3 cm³/mol. The highest BCUT2D eigenvalue weighted by atomic mass is 79.9. The van der Waals surface area contributed by atoms with E-state index in [1.165, 1.54) is 23.1 Å². The van der Waals surface area contributed by atoms with Crippen LogP contribution in [0.25, 0.3) is 0 Å². The molecule has 0 fully saturated rings. The molecule has 0 aliphatic heterocycles. The Morgan fingerprint density at radius 1 is 1.47 bits per heavy atom. The number of hydrogen-bond acceptors (Lipinski definition) is 5. The highest BCUT2D eigenvalue weighted by Crippen LogP contribution is 2.20. The summed E-state index contributed by atoms with van der Waals surface area (Å²) in [6.45, 7) is 1.97. The summed E-state index contributed by atoms with van der Waals surface area (Å²) in [5, 5.41) is 10.6. The summed E-state index contributed by atoms with van der Waals surface area (Å²) in [5.41, 5.74) is 2.74. The number of aromatic nitrogens is 2. The van der Waals surface area contributed by atoms with Gasteiger partial charge in [-0.2, -0.15) is 0 Å². The Bertz CT molecular complexity index is 530. The first-order valence-corrected chi connectivity index (χ1v) is 8.25. The zero-order valence-corrected chi connectivity index (χ0v) is 13.4. The minimum absolute atomic E-state index is 0.00406. The van der Waals surface area contributed by atoms with Gasteiger partial charge in [-0.1, -0.05) is 51.2 Å². The van der Waals surface area contributed by atoms with E-state index in [-0.39, 0.29) is 11.9 Å². The van der Waals surface area contributed by atoms with Crippen molar-refractivity contribution in [2.75, 3.05) is 5.75 Å². The van der Waals surface area contributed by atoms with Gasteiger partial charge in [0.15, 0.2) is 4.34 Å². The van der Waals surface area contributed by atoms with Gasteiger partial charge in [0.1, 0.15) is 5.51 Å². The van der Waals surface area contributed by atoms with E-state index in [0.717, 1.165) is 14.4 Å². The molecule has 0 saturated heterocycles. The summed E-state index contributed by atoms with van der Waals surface area (Å²) in [5.74, 6) is 0.353. The van der Waals surface area contributed by atoms with Gasteiger partial charge in [0.25, 0.3) is 0 Å². The van der Waals surface area contributed by atoms with E-state index < -0.39 is 0 Å². The van der Waals surface area contributed by atoms with Gasteiger partial charge in [0, 0.05) is 4.47 Å². The normalized spacial score (nSPS) is 12.1. The molecule has 1 atom stereocenters. The molecule has 2 aromatic rings. The lowest BCUT2D eigenvalue weighted by Crippen LogP contribution is -2.28. The zero-order valence-electron chi connectivity index (χ0n) is 10.2. The molecule has 1 unspecified atom stereocenters. The molecule has 1 N–H and O–H groups in total. The fourth-order valence-corrected chi connectivity index (χ4v) is 3.03. The molecule has 100 valence electrons. The highest BCUT2D eigenvalue weighted by Gasteiger charge is 2.10. The summed E-state index contributed by atoms with van der Waals surface area (Å²) in [7, 11) is 0. The van der Waals surface area contributed by atoms with Crippen LogP contribution in [-0.4, -0.2) is 21.9 Å². The first-order valence-electron chi connectivity index (χ1n) is 5.59. The molecule has 1 heterocycles. The van der Waals surface area contributed by atoms with Gasteiger partial charge < -0.3 is 5.32 Å². The molecule has 0 aliphatic rings. The molecule has 19 heavy (non-hydrogen) atoms. The van der Waals surface area contributed by atoms with Crippen molar-refractivity contribution in [1.29, 1.82) is 0 Å². The molecule has 1 amide bonds. The van der Waals surface area contributed by atoms with Crippen molar-refractivity contribution >= 4 is 44.9 Å². The van der Waals surface area contributed by atoms with Crippen LogP contribution in [0.2, 0.25) is 0 Å². The Morgan fingerprint density at radius 3 is 2.84 bits per heavy atom. The molecule has 1 aromatic heterocycles. The summed E-state index contributed by atoms with van der Waals surface area (Å²) in [6, 6.07) is 7.91. The van der Waals surface area contributed by atoms with Crippen molar-refractivity contribution in [2.24, 2.45) is 0 Å². The maximum Gasteiger partial charge on any atom is 0.230 e. The van der Waals surface area contributed by atoms with Crippen LogP contribution in [0.15, 0.2) is 38.6 Å². The number of thioether (sulfide) groups is 1. The number of halogens is 1. The van der Waals surface area contributed by atoms with Crippen LogP contribution in [0.1, 0.15) is 18.5 Å². The number of amides is 1. The largest absolute Gasteiger partial charge is 0.349 e. The molecule has 0 bridgehead atoms. The second kappa shape index (κ2) is 7.02. The van der Waals surface area contributed by atoms with Gasteiger partial charge in [-0.05, 0) is 24.6 Å². The van der Waals surface area contributed by atoms with E-state index in [1.54, 1.807) is 5.51 Å². The molecule has 7 heteroatoms. The third kappa shape index (κ3) is 4.59. The summed E-state index contributed by atoms with van der Waals surface area (Å²) < 4.78 is 1.84. The Morgan fingerprint density at radius 2 is 2.21 bits per heavy atom. The SMILES string of the molecule is CC(NC(=O)CSc1nncs1)c1ccc(Br)cc1. The second-order valence-electron chi connectivity index (χ2n) is 3.83. The molecule has 0 spiro atoms. The Labute approximate surface area is 128 Å². The van der Waals surface area contributed by atoms with Crippen molar-refractivity contribution in [2.45, 2.75) is 17.3 Å². The van der Waals surface area contributed by atoms with E-state index in [9.17, 15) is 4.79 Å². The fourth-order valence-electron chi connectivity index (χ4n) is 1.47. The quantitative estimate of drug-likeness (QED) is 0.834. The van der Waals surface area contributed by atoms with Crippen LogP contribution in [0.5, 0.6) is 0 Å². The maximum absolute atomic E-state index is 11.8. The van der Waals surface area contributed by atoms with Crippen LogP contribution < -0.4 is 5.32 Å². The second-order valence-corrected chi connectivity index (χ2v) is 6.81. The predicted octanol–water partition coefficient (Wildman–Crippen LogP) is 3.27. The van der Waals surface area contributed by atoms with Gasteiger partial charge >= 0.3 is 0 Å². The minimum Gasteiger partial charge on any atom is -0.349 e. The molecule has 0 aliphatic carbocycles. The number of carbonyl (C=O) groups excluding carboxylic acids is 1. The first kappa shape index (κ1) is 14.5. The van der Waals surface area contributed by atoms with Crippen molar-refractivity contribution in [3.8, 4) is 0 Å². The lowest BCUT2D eigenvalue weighted by Gasteiger charge is -2.14. The third-order valence-corrected chi connectivity index (χ3v) is 4.80. The monoisotopic (exact) mass is 357 g/mol.